The SMILES string of the molecule is CCCCCCCCCCCCCCCCCC[n+]1csc2ccccc21. The van der Waals surface area contributed by atoms with Crippen LogP contribution >= 0.6 is 11.3 Å². The molecular formula is C25H42NS+. The number of para-hydroxylation sites is 1. The number of nitrogens with zero attached hydrogens (tertiary/aromatic N) is 1. The van der Waals surface area contributed by atoms with Crippen LogP contribution in [0.1, 0.15) is 110 Å². The summed E-state index contributed by atoms with van der Waals surface area (Å²) in [6, 6.07) is 8.76. The molecule has 1 heterocycles. The second-order valence-corrected chi connectivity index (χ2v) is 9.07. The Bertz CT molecular complexity index is 589. The predicted octanol–water partition coefficient (Wildman–Crippen LogP) is 8.45. The van der Waals surface area contributed by atoms with E-state index in [1.807, 2.05) is 11.3 Å². The van der Waals surface area contributed by atoms with Gasteiger partial charge >= 0.3 is 0 Å². The molecule has 2 aromatic rings. The third kappa shape index (κ3) is 9.74. The zero-order chi connectivity index (χ0) is 19.0. The maximum Gasteiger partial charge on any atom is 0.225 e. The molecule has 0 radical (unpaired) electrons. The average Bonchev–Trinajstić information content (AvgIpc) is 3.11. The van der Waals surface area contributed by atoms with Crippen LogP contribution in [0.15, 0.2) is 29.8 Å². The molecular weight excluding hydrogens is 346 g/mol. The van der Waals surface area contributed by atoms with E-state index < -0.39 is 0 Å². The summed E-state index contributed by atoms with van der Waals surface area (Å²) >= 11 is 1.87. The largest absolute Gasteiger partial charge is 0.225 e. The van der Waals surface area contributed by atoms with Crippen molar-refractivity contribution in [2.45, 2.75) is 116 Å². The first-order chi connectivity index (χ1) is 13.4. The van der Waals surface area contributed by atoms with Gasteiger partial charge in [0.15, 0.2) is 0 Å². The van der Waals surface area contributed by atoms with Crippen molar-refractivity contribution in [1.82, 2.24) is 0 Å². The topological polar surface area (TPSA) is 3.88 Å². The van der Waals surface area contributed by atoms with Crippen LogP contribution in [0.25, 0.3) is 10.2 Å². The molecule has 0 atom stereocenters. The number of fused-ring (bicyclic) bond motifs is 1. The molecule has 0 unspecified atom stereocenters. The maximum atomic E-state index is 2.43. The van der Waals surface area contributed by atoms with Crippen LogP contribution in [-0.4, -0.2) is 0 Å². The van der Waals surface area contributed by atoms with E-state index in [1.54, 1.807) is 0 Å². The van der Waals surface area contributed by atoms with Gasteiger partial charge in [0.05, 0.1) is 0 Å². The van der Waals surface area contributed by atoms with E-state index in [0.29, 0.717) is 0 Å². The molecule has 27 heavy (non-hydrogen) atoms. The summed E-state index contributed by atoms with van der Waals surface area (Å²) < 4.78 is 3.85. The Hall–Kier alpha value is -0.890. The first kappa shape index (κ1) is 22.4. The highest BCUT2D eigenvalue weighted by Crippen LogP contribution is 2.16. The third-order valence-electron chi connectivity index (χ3n) is 5.73. The summed E-state index contributed by atoms with van der Waals surface area (Å²) in [5.74, 6) is 0. The molecule has 0 amide bonds. The number of unbranched alkanes of at least 4 members (excludes halogenated alkanes) is 15. The van der Waals surface area contributed by atoms with Crippen molar-refractivity contribution in [3.8, 4) is 0 Å². The molecule has 0 aliphatic heterocycles. The van der Waals surface area contributed by atoms with E-state index in [4.69, 9.17) is 0 Å². The van der Waals surface area contributed by atoms with E-state index >= 15 is 0 Å². The van der Waals surface area contributed by atoms with E-state index in [-0.39, 0.29) is 0 Å². The molecule has 0 N–H and O–H groups in total. The molecule has 1 aromatic heterocycles. The van der Waals surface area contributed by atoms with Crippen LogP contribution in [0.3, 0.4) is 0 Å². The van der Waals surface area contributed by atoms with Gasteiger partial charge in [-0.1, -0.05) is 120 Å². The smallest absolute Gasteiger partial charge is 0.188 e. The van der Waals surface area contributed by atoms with Crippen molar-refractivity contribution in [1.29, 1.82) is 0 Å². The van der Waals surface area contributed by atoms with Crippen LogP contribution in [0, 0.1) is 0 Å². The molecule has 1 nitrogen and oxygen atoms in total. The lowest BCUT2D eigenvalue weighted by atomic mass is 10.0. The highest BCUT2D eigenvalue weighted by Gasteiger charge is 2.09. The number of thiazole rings is 1. The third-order valence-corrected chi connectivity index (χ3v) is 6.69. The van der Waals surface area contributed by atoms with Crippen molar-refractivity contribution >= 4 is 21.6 Å². The normalized spacial score (nSPS) is 11.4. The molecule has 2 heteroatoms. The minimum atomic E-state index is 1.18. The van der Waals surface area contributed by atoms with Gasteiger partial charge < -0.3 is 0 Å². The average molecular weight is 389 g/mol. The van der Waals surface area contributed by atoms with E-state index in [0.717, 1.165) is 0 Å². The van der Waals surface area contributed by atoms with Crippen molar-refractivity contribution < 1.29 is 4.57 Å². The summed E-state index contributed by atoms with van der Waals surface area (Å²) in [5, 5.41) is 0. The van der Waals surface area contributed by atoms with Gasteiger partial charge in [-0.05, 0) is 12.5 Å². The molecule has 2 rings (SSSR count). The number of aryl methyl sites for hydroxylation is 1. The summed E-state index contributed by atoms with van der Waals surface area (Å²) in [6.45, 7) is 3.48. The van der Waals surface area contributed by atoms with Gasteiger partial charge in [-0.2, -0.15) is 4.57 Å². The second-order valence-electron chi connectivity index (χ2n) is 8.19. The zero-order valence-electron chi connectivity index (χ0n) is 17.8. The van der Waals surface area contributed by atoms with Crippen LogP contribution in [0.4, 0.5) is 0 Å². The Morgan fingerprint density at radius 1 is 0.630 bits per heavy atom. The van der Waals surface area contributed by atoms with E-state index in [1.165, 1.54) is 119 Å². The van der Waals surface area contributed by atoms with Gasteiger partial charge in [0.1, 0.15) is 11.2 Å². The molecule has 0 fully saturated rings. The minimum Gasteiger partial charge on any atom is -0.188 e. The maximum absolute atomic E-state index is 2.43. The predicted molar refractivity (Wildman–Crippen MR) is 122 cm³/mol. The number of aromatic nitrogens is 1. The molecule has 0 aliphatic carbocycles. The lowest BCUT2D eigenvalue weighted by Gasteiger charge is -2.03. The summed E-state index contributed by atoms with van der Waals surface area (Å²) in [6.07, 6.45) is 23.0. The van der Waals surface area contributed by atoms with Gasteiger partial charge in [-0.25, -0.2) is 0 Å². The van der Waals surface area contributed by atoms with Crippen LogP contribution in [-0.2, 0) is 6.54 Å². The van der Waals surface area contributed by atoms with Crippen LogP contribution < -0.4 is 4.57 Å². The number of benzene rings is 1. The van der Waals surface area contributed by atoms with E-state index in [9.17, 15) is 0 Å². The first-order valence-electron chi connectivity index (χ1n) is 11.8. The number of hydrogen-bond donors (Lipinski definition) is 0. The minimum absolute atomic E-state index is 1.18. The van der Waals surface area contributed by atoms with Gasteiger partial charge in [0.25, 0.3) is 0 Å². The Morgan fingerprint density at radius 3 is 1.67 bits per heavy atom. The standard InChI is InChI=1S/C25H42NS/c1-2-3-4-5-6-7-8-9-10-11-12-13-14-15-16-19-22-26-23-27-25-21-18-17-20-24(25)26/h17-18,20-21,23H,2-16,19,22H2,1H3/q+1. The Morgan fingerprint density at radius 2 is 1.11 bits per heavy atom. The van der Waals surface area contributed by atoms with Crippen LogP contribution in [0.5, 0.6) is 0 Å². The van der Waals surface area contributed by atoms with Gasteiger partial charge in [0, 0.05) is 12.5 Å². The molecule has 152 valence electrons. The van der Waals surface area contributed by atoms with Gasteiger partial charge in [0.2, 0.25) is 11.0 Å². The monoisotopic (exact) mass is 388 g/mol. The van der Waals surface area contributed by atoms with Gasteiger partial charge in [-0.15, -0.1) is 0 Å². The van der Waals surface area contributed by atoms with Crippen molar-refractivity contribution in [3.63, 3.8) is 0 Å². The summed E-state index contributed by atoms with van der Waals surface area (Å²) in [4.78, 5) is 0. The van der Waals surface area contributed by atoms with Crippen LogP contribution in [0.2, 0.25) is 0 Å². The molecule has 0 bridgehead atoms. The van der Waals surface area contributed by atoms with Crippen molar-refractivity contribution in [2.75, 3.05) is 0 Å². The lowest BCUT2D eigenvalue weighted by Crippen LogP contribution is -2.31. The number of hydrogen-bond acceptors (Lipinski definition) is 1. The fourth-order valence-corrected chi connectivity index (χ4v) is 4.90. The molecule has 0 saturated carbocycles. The summed E-state index contributed by atoms with van der Waals surface area (Å²) in [7, 11) is 0. The van der Waals surface area contributed by atoms with Crippen molar-refractivity contribution in [3.05, 3.63) is 29.8 Å². The molecule has 0 spiro atoms. The Labute approximate surface area is 172 Å². The Balaban J connectivity index is 1.33. The molecule has 1 aromatic carbocycles. The lowest BCUT2D eigenvalue weighted by molar-refractivity contribution is -0.667. The van der Waals surface area contributed by atoms with E-state index in [2.05, 4.69) is 41.3 Å². The Kier molecular flexibility index (Phi) is 12.5. The highest BCUT2D eigenvalue weighted by atomic mass is 32.1. The number of rotatable bonds is 17. The highest BCUT2D eigenvalue weighted by molar-refractivity contribution is 7.16. The van der Waals surface area contributed by atoms with Crippen molar-refractivity contribution in [2.24, 2.45) is 0 Å². The fraction of sp³-hybridized carbons (Fsp3) is 0.720. The van der Waals surface area contributed by atoms with Gasteiger partial charge in [-0.3, -0.25) is 0 Å². The molecule has 0 saturated heterocycles. The first-order valence-corrected chi connectivity index (χ1v) is 12.7. The second kappa shape index (κ2) is 15.1. The summed E-state index contributed by atoms with van der Waals surface area (Å²) in [5.41, 5.74) is 3.69. The molecule has 0 aliphatic rings. The quantitative estimate of drug-likeness (QED) is 0.189. The fourth-order valence-electron chi connectivity index (χ4n) is 3.97. The zero-order valence-corrected chi connectivity index (χ0v) is 18.6.